The van der Waals surface area contributed by atoms with Crippen molar-refractivity contribution in [3.05, 3.63) is 87.2 Å². The fraction of sp³-hybridized carbons (Fsp3) is 0.259. The molecule has 8 nitrogen and oxygen atoms in total. The third kappa shape index (κ3) is 5.57. The van der Waals surface area contributed by atoms with Gasteiger partial charge in [-0.25, -0.2) is 9.36 Å². The smallest absolute Gasteiger partial charge is 0.223 e. The van der Waals surface area contributed by atoms with Gasteiger partial charge in [0.2, 0.25) is 17.5 Å². The van der Waals surface area contributed by atoms with Gasteiger partial charge in [0.25, 0.3) is 0 Å². The van der Waals surface area contributed by atoms with Crippen LogP contribution in [-0.2, 0) is 20.7 Å². The molecule has 2 aromatic heterocycles. The van der Waals surface area contributed by atoms with Gasteiger partial charge in [-0.15, -0.1) is 11.8 Å². The summed E-state index contributed by atoms with van der Waals surface area (Å²) in [5, 5.41) is 8.95. The van der Waals surface area contributed by atoms with E-state index in [1.165, 1.54) is 16.4 Å². The van der Waals surface area contributed by atoms with Gasteiger partial charge in [0.05, 0.1) is 16.4 Å². The Morgan fingerprint density at radius 3 is 2.38 bits per heavy atom. The lowest BCUT2D eigenvalue weighted by atomic mass is 10.0. The molecular weight excluding hydrogens is 512 g/mol. The number of Topliss-reactive ketones (excluding diaryl/α,β-unsaturated/α-hetero) is 1. The van der Waals surface area contributed by atoms with Gasteiger partial charge in [-0.1, -0.05) is 41.9 Å². The summed E-state index contributed by atoms with van der Waals surface area (Å²) in [4.78, 5) is 27.2. The highest BCUT2D eigenvalue weighted by Gasteiger charge is 2.27. The molecule has 0 saturated heterocycles. The second-order valence-electron chi connectivity index (χ2n) is 8.44. The van der Waals surface area contributed by atoms with Crippen molar-refractivity contribution in [2.24, 2.45) is 14.1 Å². The van der Waals surface area contributed by atoms with Gasteiger partial charge >= 0.3 is 0 Å². The molecule has 0 N–H and O–H groups in total. The third-order valence-electron chi connectivity index (χ3n) is 5.82. The topological polar surface area (TPSA) is 88.2 Å². The number of nitrogens with zero attached hydrogens (tertiary/aromatic N) is 4. The average molecular weight is 539 g/mol. The lowest BCUT2D eigenvalue weighted by Crippen LogP contribution is -2.15. The largest absolute Gasteiger partial charge is 0.473 e. The number of hydrogen-bond acceptors (Lipinski definition) is 7. The zero-order valence-corrected chi connectivity index (χ0v) is 22.8. The van der Waals surface area contributed by atoms with E-state index < -0.39 is 0 Å². The minimum Gasteiger partial charge on any atom is -0.473 e. The van der Waals surface area contributed by atoms with E-state index in [-0.39, 0.29) is 36.2 Å². The van der Waals surface area contributed by atoms with Crippen molar-refractivity contribution in [3.63, 3.8) is 0 Å². The standard InChI is InChI=1S/C27H27ClN4O4S/c1-16-13-23(31(3)29-16)35-14-20-22(37-5)12-11-19(25(20)28)26(34)24-17(2)30-32(4)27(24)36-15-21(33)18-9-7-6-8-10-18/h6-13H,14-15H2,1-5H3. The maximum atomic E-state index is 13.8. The van der Waals surface area contributed by atoms with Crippen LogP contribution in [0.4, 0.5) is 0 Å². The van der Waals surface area contributed by atoms with Crippen LogP contribution in [0.1, 0.15) is 43.2 Å². The lowest BCUT2D eigenvalue weighted by Gasteiger charge is -2.15. The maximum absolute atomic E-state index is 13.8. The Bertz CT molecular complexity index is 1460. The van der Waals surface area contributed by atoms with Gasteiger partial charge in [-0.2, -0.15) is 10.2 Å². The molecule has 0 aliphatic heterocycles. The van der Waals surface area contributed by atoms with Crippen molar-refractivity contribution >= 4 is 34.9 Å². The van der Waals surface area contributed by atoms with Crippen LogP contribution in [0, 0.1) is 13.8 Å². The van der Waals surface area contributed by atoms with E-state index in [4.69, 9.17) is 21.1 Å². The number of benzene rings is 2. The molecule has 0 amide bonds. The molecule has 192 valence electrons. The predicted molar refractivity (Wildman–Crippen MR) is 143 cm³/mol. The van der Waals surface area contributed by atoms with E-state index in [1.807, 2.05) is 31.4 Å². The van der Waals surface area contributed by atoms with Crippen LogP contribution >= 0.6 is 23.4 Å². The summed E-state index contributed by atoms with van der Waals surface area (Å²) < 4.78 is 14.9. The lowest BCUT2D eigenvalue weighted by molar-refractivity contribution is 0.0908. The van der Waals surface area contributed by atoms with Crippen molar-refractivity contribution in [3.8, 4) is 11.8 Å². The number of carbonyl (C=O) groups excluding carboxylic acids is 2. The highest BCUT2D eigenvalue weighted by molar-refractivity contribution is 7.98. The van der Waals surface area contributed by atoms with Crippen LogP contribution in [0.5, 0.6) is 11.8 Å². The predicted octanol–water partition coefficient (Wildman–Crippen LogP) is 5.22. The monoisotopic (exact) mass is 538 g/mol. The van der Waals surface area contributed by atoms with Gasteiger partial charge in [-0.3, -0.25) is 9.59 Å². The number of thioether (sulfide) groups is 1. The first-order chi connectivity index (χ1) is 17.7. The van der Waals surface area contributed by atoms with E-state index in [9.17, 15) is 9.59 Å². The molecule has 37 heavy (non-hydrogen) atoms. The van der Waals surface area contributed by atoms with E-state index in [0.29, 0.717) is 33.3 Å². The minimum absolute atomic E-state index is 0.163. The summed E-state index contributed by atoms with van der Waals surface area (Å²) >= 11 is 8.32. The second kappa shape index (κ2) is 11.2. The van der Waals surface area contributed by atoms with Crippen LogP contribution in [0.25, 0.3) is 0 Å². The molecule has 0 aliphatic rings. The second-order valence-corrected chi connectivity index (χ2v) is 9.67. The minimum atomic E-state index is -0.344. The number of aromatic nitrogens is 4. The quantitative estimate of drug-likeness (QED) is 0.202. The highest BCUT2D eigenvalue weighted by atomic mass is 35.5. The van der Waals surface area contributed by atoms with Crippen molar-refractivity contribution in [1.29, 1.82) is 0 Å². The Hall–Kier alpha value is -3.56. The molecule has 0 bridgehead atoms. The molecule has 0 atom stereocenters. The number of hydrogen-bond donors (Lipinski definition) is 0. The summed E-state index contributed by atoms with van der Waals surface area (Å²) in [6.45, 7) is 3.54. The maximum Gasteiger partial charge on any atom is 0.223 e. The number of carbonyl (C=O) groups is 2. The molecule has 10 heteroatoms. The molecule has 0 radical (unpaired) electrons. The normalized spacial score (nSPS) is 11.0. The first kappa shape index (κ1) is 26.5. The highest BCUT2D eigenvalue weighted by Crippen LogP contribution is 2.34. The fourth-order valence-electron chi connectivity index (χ4n) is 4.01. The Morgan fingerprint density at radius 2 is 1.73 bits per heavy atom. The first-order valence-corrected chi connectivity index (χ1v) is 13.1. The molecule has 4 rings (SSSR count). The zero-order chi connectivity index (χ0) is 26.7. The van der Waals surface area contributed by atoms with Crippen molar-refractivity contribution < 1.29 is 19.1 Å². The average Bonchev–Trinajstić information content (AvgIpc) is 3.36. The van der Waals surface area contributed by atoms with Gasteiger partial charge in [0, 0.05) is 41.7 Å². The Kier molecular flexibility index (Phi) is 8.04. The number of aryl methyl sites for hydroxylation is 4. The van der Waals surface area contributed by atoms with Gasteiger partial charge in [0.1, 0.15) is 12.2 Å². The Labute approximate surface area is 224 Å². The third-order valence-corrected chi connectivity index (χ3v) is 7.07. The van der Waals surface area contributed by atoms with E-state index >= 15 is 0 Å². The van der Waals surface area contributed by atoms with Gasteiger partial charge in [0.15, 0.2) is 12.4 Å². The van der Waals surface area contributed by atoms with Gasteiger partial charge < -0.3 is 9.47 Å². The number of halogens is 1. The van der Waals surface area contributed by atoms with Crippen molar-refractivity contribution in [1.82, 2.24) is 19.6 Å². The first-order valence-electron chi connectivity index (χ1n) is 11.5. The molecule has 2 heterocycles. The van der Waals surface area contributed by atoms with Crippen LogP contribution in [-0.4, -0.2) is 44.0 Å². The molecule has 0 spiro atoms. The molecule has 0 aliphatic carbocycles. The summed E-state index contributed by atoms with van der Waals surface area (Å²) in [6, 6.07) is 14.2. The number of ketones is 2. The van der Waals surface area contributed by atoms with Gasteiger partial charge in [-0.05, 0) is 32.2 Å². The summed E-state index contributed by atoms with van der Waals surface area (Å²) in [7, 11) is 3.47. The summed E-state index contributed by atoms with van der Waals surface area (Å²) in [5.41, 5.74) is 3.09. The molecule has 4 aromatic rings. The van der Waals surface area contributed by atoms with Crippen LogP contribution in [0.15, 0.2) is 53.4 Å². The van der Waals surface area contributed by atoms with Crippen molar-refractivity contribution in [2.45, 2.75) is 25.3 Å². The molecule has 0 saturated carbocycles. The molecular formula is C27H27ClN4O4S. The van der Waals surface area contributed by atoms with Crippen LogP contribution in [0.3, 0.4) is 0 Å². The van der Waals surface area contributed by atoms with E-state index in [1.54, 1.807) is 56.0 Å². The van der Waals surface area contributed by atoms with E-state index in [0.717, 1.165) is 10.6 Å². The molecule has 2 aromatic carbocycles. The zero-order valence-electron chi connectivity index (χ0n) is 21.2. The fourth-order valence-corrected chi connectivity index (χ4v) is 4.99. The van der Waals surface area contributed by atoms with Crippen molar-refractivity contribution in [2.75, 3.05) is 12.9 Å². The summed E-state index contributed by atoms with van der Waals surface area (Å²) in [6.07, 6.45) is 1.94. The van der Waals surface area contributed by atoms with Crippen LogP contribution in [0.2, 0.25) is 5.02 Å². The molecule has 0 fully saturated rings. The Morgan fingerprint density at radius 1 is 1.00 bits per heavy atom. The number of ether oxygens (including phenoxy) is 2. The summed E-state index contributed by atoms with van der Waals surface area (Å²) in [5.74, 6) is 0.257. The number of rotatable bonds is 10. The van der Waals surface area contributed by atoms with Crippen LogP contribution < -0.4 is 9.47 Å². The molecule has 0 unspecified atom stereocenters. The SMILES string of the molecule is CSc1ccc(C(=O)c2c(C)nn(C)c2OCC(=O)c2ccccc2)c(Cl)c1COc1cc(C)nn1C. The van der Waals surface area contributed by atoms with E-state index in [2.05, 4.69) is 10.2 Å². The Balaban J connectivity index is 1.63.